The molecule has 0 bridgehead atoms. The predicted octanol–water partition coefficient (Wildman–Crippen LogP) is 2.48. The number of carbonyl (C=O) groups excluding carboxylic acids is 1. The number of imidazole rings is 1. The van der Waals surface area contributed by atoms with Crippen molar-refractivity contribution < 1.29 is 23.4 Å². The van der Waals surface area contributed by atoms with Gasteiger partial charge in [-0.25, -0.2) is 13.8 Å². The Morgan fingerprint density at radius 1 is 1.44 bits per heavy atom. The predicted molar refractivity (Wildman–Crippen MR) is 112 cm³/mol. The zero-order valence-corrected chi connectivity index (χ0v) is 17.5. The first-order valence-electron chi connectivity index (χ1n) is 10.4. The molecule has 1 aliphatic rings. The van der Waals surface area contributed by atoms with Gasteiger partial charge in [-0.2, -0.15) is 5.26 Å². The van der Waals surface area contributed by atoms with Gasteiger partial charge in [0, 0.05) is 18.0 Å². The van der Waals surface area contributed by atoms with Crippen molar-refractivity contribution in [3.05, 3.63) is 35.8 Å². The number of aliphatic hydroxyl groups excluding tert-OH is 1. The van der Waals surface area contributed by atoms with Gasteiger partial charge in [-0.3, -0.25) is 9.78 Å². The van der Waals surface area contributed by atoms with Crippen LogP contribution in [0.2, 0.25) is 0 Å². The maximum absolute atomic E-state index is 13.3. The molecule has 0 radical (unpaired) electrons. The molecule has 1 fully saturated rings. The lowest BCUT2D eigenvalue weighted by molar-refractivity contribution is -0.123. The van der Waals surface area contributed by atoms with Crippen molar-refractivity contribution in [1.82, 2.24) is 19.9 Å². The van der Waals surface area contributed by atoms with Crippen LogP contribution in [-0.4, -0.2) is 57.3 Å². The molecule has 0 aliphatic carbocycles. The van der Waals surface area contributed by atoms with Crippen molar-refractivity contribution in [2.75, 3.05) is 19.8 Å². The fourth-order valence-electron chi connectivity index (χ4n) is 4.11. The van der Waals surface area contributed by atoms with E-state index in [9.17, 15) is 18.8 Å². The standard InChI is InChI=1S/C22H23F2N5O3/c1-13-6-15(4-5-32-13)29-19(8-20(31)27-11-22(23,24)12-30)28-18-10-26-17-3-2-14(9-25)7-16(17)21(18)29/h2-3,7,10,13,15,30H,4-6,8,11-12H2,1H3,(H,27,31)/t13-,15-/m1/s1. The number of rotatable bonds is 6. The summed E-state index contributed by atoms with van der Waals surface area (Å²) in [6.07, 6.45) is 2.82. The third kappa shape index (κ3) is 4.40. The molecule has 2 atom stereocenters. The Hall–Kier alpha value is -3.16. The molecule has 1 amide bonds. The first-order chi connectivity index (χ1) is 15.3. The number of nitriles is 1. The molecule has 2 aromatic heterocycles. The molecule has 1 saturated heterocycles. The van der Waals surface area contributed by atoms with Gasteiger partial charge in [0.1, 0.15) is 17.9 Å². The van der Waals surface area contributed by atoms with Gasteiger partial charge in [0.05, 0.1) is 47.9 Å². The van der Waals surface area contributed by atoms with Gasteiger partial charge in [0.2, 0.25) is 5.91 Å². The Balaban J connectivity index is 1.79. The number of benzene rings is 1. The lowest BCUT2D eigenvalue weighted by atomic mass is 10.0. The van der Waals surface area contributed by atoms with Crippen LogP contribution in [0, 0.1) is 11.3 Å². The van der Waals surface area contributed by atoms with E-state index in [1.165, 1.54) is 0 Å². The fraction of sp³-hybridized carbons (Fsp3) is 0.455. The number of amides is 1. The summed E-state index contributed by atoms with van der Waals surface area (Å²) in [6, 6.07) is 7.32. The fourth-order valence-corrected chi connectivity index (χ4v) is 4.11. The van der Waals surface area contributed by atoms with Crippen LogP contribution in [0.3, 0.4) is 0 Å². The molecule has 2 N–H and O–H groups in total. The molecular weight excluding hydrogens is 420 g/mol. The second-order valence-corrected chi connectivity index (χ2v) is 8.06. The summed E-state index contributed by atoms with van der Waals surface area (Å²) < 4.78 is 34.3. The zero-order valence-electron chi connectivity index (χ0n) is 17.5. The Labute approximate surface area is 182 Å². The minimum absolute atomic E-state index is 0.0122. The van der Waals surface area contributed by atoms with Crippen molar-refractivity contribution in [3.63, 3.8) is 0 Å². The third-order valence-corrected chi connectivity index (χ3v) is 5.63. The molecule has 168 valence electrons. The maximum Gasteiger partial charge on any atom is 0.287 e. The Bertz CT molecular complexity index is 1200. The number of nitrogens with zero attached hydrogens (tertiary/aromatic N) is 4. The number of fused-ring (bicyclic) bond motifs is 3. The molecule has 4 rings (SSSR count). The molecule has 8 nitrogen and oxygen atoms in total. The summed E-state index contributed by atoms with van der Waals surface area (Å²) in [7, 11) is 0. The molecule has 1 aromatic carbocycles. The van der Waals surface area contributed by atoms with E-state index >= 15 is 0 Å². The summed E-state index contributed by atoms with van der Waals surface area (Å²) in [4.78, 5) is 21.5. The molecule has 1 aliphatic heterocycles. The number of halogens is 2. The quantitative estimate of drug-likeness (QED) is 0.605. The van der Waals surface area contributed by atoms with Crippen molar-refractivity contribution in [2.24, 2.45) is 0 Å². The zero-order chi connectivity index (χ0) is 22.9. The topological polar surface area (TPSA) is 113 Å². The van der Waals surface area contributed by atoms with Gasteiger partial charge in [0.15, 0.2) is 0 Å². The molecule has 0 saturated carbocycles. The molecule has 32 heavy (non-hydrogen) atoms. The summed E-state index contributed by atoms with van der Waals surface area (Å²) in [5, 5.41) is 21.0. The van der Waals surface area contributed by atoms with Gasteiger partial charge < -0.3 is 19.7 Å². The average molecular weight is 443 g/mol. The normalized spacial score (nSPS) is 19.2. The number of ether oxygens (including phenoxy) is 1. The molecule has 3 heterocycles. The van der Waals surface area contributed by atoms with Gasteiger partial charge in [0.25, 0.3) is 5.92 Å². The van der Waals surface area contributed by atoms with Gasteiger partial charge in [-0.05, 0) is 38.0 Å². The van der Waals surface area contributed by atoms with E-state index in [1.54, 1.807) is 24.4 Å². The lowest BCUT2D eigenvalue weighted by Crippen LogP contribution is -2.40. The number of hydrogen-bond donors (Lipinski definition) is 2. The lowest BCUT2D eigenvalue weighted by Gasteiger charge is -2.30. The van der Waals surface area contributed by atoms with Crippen LogP contribution in [0.5, 0.6) is 0 Å². The van der Waals surface area contributed by atoms with E-state index in [0.717, 1.165) is 10.9 Å². The molecular formula is C22H23F2N5O3. The maximum atomic E-state index is 13.3. The monoisotopic (exact) mass is 443 g/mol. The first kappa shape index (κ1) is 22.0. The van der Waals surface area contributed by atoms with E-state index in [2.05, 4.69) is 21.4 Å². The van der Waals surface area contributed by atoms with E-state index < -0.39 is 25.0 Å². The summed E-state index contributed by atoms with van der Waals surface area (Å²) >= 11 is 0. The average Bonchev–Trinajstić information content (AvgIpc) is 3.15. The van der Waals surface area contributed by atoms with Gasteiger partial charge in [-0.15, -0.1) is 0 Å². The Kier molecular flexibility index (Phi) is 6.04. The van der Waals surface area contributed by atoms with Gasteiger partial charge in [-0.1, -0.05) is 0 Å². The number of pyridine rings is 1. The highest BCUT2D eigenvalue weighted by atomic mass is 19.3. The largest absolute Gasteiger partial charge is 0.390 e. The number of carbonyl (C=O) groups is 1. The highest BCUT2D eigenvalue weighted by Gasteiger charge is 2.30. The Morgan fingerprint density at radius 3 is 2.97 bits per heavy atom. The molecule has 0 spiro atoms. The highest BCUT2D eigenvalue weighted by Crippen LogP contribution is 2.34. The second kappa shape index (κ2) is 8.76. The van der Waals surface area contributed by atoms with Crippen LogP contribution in [0.4, 0.5) is 8.78 Å². The minimum Gasteiger partial charge on any atom is -0.390 e. The van der Waals surface area contributed by atoms with E-state index in [-0.39, 0.29) is 18.6 Å². The van der Waals surface area contributed by atoms with Crippen molar-refractivity contribution in [1.29, 1.82) is 5.26 Å². The minimum atomic E-state index is -3.39. The smallest absolute Gasteiger partial charge is 0.287 e. The van der Waals surface area contributed by atoms with Crippen LogP contribution in [0.15, 0.2) is 24.4 Å². The number of hydrogen-bond acceptors (Lipinski definition) is 6. The summed E-state index contributed by atoms with van der Waals surface area (Å²) in [5.74, 6) is -3.58. The number of aromatic nitrogens is 3. The van der Waals surface area contributed by atoms with Crippen LogP contribution in [-0.2, 0) is 16.0 Å². The number of alkyl halides is 2. The van der Waals surface area contributed by atoms with Crippen LogP contribution in [0.25, 0.3) is 21.9 Å². The third-order valence-electron chi connectivity index (χ3n) is 5.63. The van der Waals surface area contributed by atoms with Crippen molar-refractivity contribution >= 4 is 27.8 Å². The molecule has 0 unspecified atom stereocenters. The number of nitrogens with one attached hydrogen (secondary N) is 1. The number of aliphatic hydroxyl groups is 1. The van der Waals surface area contributed by atoms with E-state index in [4.69, 9.17) is 9.84 Å². The SMILES string of the molecule is C[C@@H]1C[C@H](n2c(CC(=O)NCC(F)(F)CO)nc3cnc4ccc(C#N)cc4c32)CCO1. The first-order valence-corrected chi connectivity index (χ1v) is 10.4. The molecule has 3 aromatic rings. The van der Waals surface area contributed by atoms with Crippen molar-refractivity contribution in [2.45, 2.75) is 44.3 Å². The Morgan fingerprint density at radius 2 is 2.25 bits per heavy atom. The van der Waals surface area contributed by atoms with E-state index in [0.29, 0.717) is 41.9 Å². The van der Waals surface area contributed by atoms with Gasteiger partial charge >= 0.3 is 0 Å². The summed E-state index contributed by atoms with van der Waals surface area (Å²) in [5.41, 5.74) is 2.49. The van der Waals surface area contributed by atoms with Crippen molar-refractivity contribution in [3.8, 4) is 6.07 Å². The second-order valence-electron chi connectivity index (χ2n) is 8.06. The molecule has 10 heteroatoms. The van der Waals surface area contributed by atoms with Crippen LogP contribution >= 0.6 is 0 Å². The van der Waals surface area contributed by atoms with E-state index in [1.807, 2.05) is 11.5 Å². The summed E-state index contributed by atoms with van der Waals surface area (Å²) in [6.45, 7) is 0.228. The van der Waals surface area contributed by atoms with Crippen LogP contribution < -0.4 is 5.32 Å². The highest BCUT2D eigenvalue weighted by molar-refractivity contribution is 6.03. The van der Waals surface area contributed by atoms with Crippen LogP contribution in [0.1, 0.15) is 37.2 Å².